The van der Waals surface area contributed by atoms with Gasteiger partial charge in [-0.1, -0.05) is 5.16 Å². The van der Waals surface area contributed by atoms with Crippen molar-refractivity contribution in [3.63, 3.8) is 0 Å². The molecule has 2 aliphatic rings. The number of hydrogen-bond acceptors (Lipinski definition) is 10. The number of likely N-dealkylation sites (tertiary alicyclic amines) is 1. The number of benzene rings is 1. The number of aromatic nitrogens is 3. The zero-order valence-corrected chi connectivity index (χ0v) is 23.3. The molecule has 0 saturated carbocycles. The summed E-state index contributed by atoms with van der Waals surface area (Å²) in [7, 11) is 1.55. The summed E-state index contributed by atoms with van der Waals surface area (Å²) in [5, 5.41) is 9.72. The van der Waals surface area contributed by atoms with E-state index in [2.05, 4.69) is 20.7 Å². The first-order valence-electron chi connectivity index (χ1n) is 13.5. The van der Waals surface area contributed by atoms with Crippen molar-refractivity contribution in [2.45, 2.75) is 38.2 Å². The Labute approximate surface area is 236 Å². The molecule has 4 N–H and O–H groups in total. The lowest BCUT2D eigenvalue weighted by Crippen LogP contribution is -2.50. The van der Waals surface area contributed by atoms with Crippen molar-refractivity contribution < 1.29 is 28.4 Å². The molecule has 4 heterocycles. The van der Waals surface area contributed by atoms with Crippen LogP contribution >= 0.6 is 0 Å². The third kappa shape index (κ3) is 6.01. The van der Waals surface area contributed by atoms with Gasteiger partial charge in [-0.15, -0.1) is 0 Å². The Kier molecular flexibility index (Phi) is 7.92. The van der Waals surface area contributed by atoms with Gasteiger partial charge in [-0.3, -0.25) is 4.79 Å². The molecule has 0 atom stereocenters. The standard InChI is InChI=1S/C27H34N8O6/c1-27(2,40-25(28)37)24(36)35-10-8-16(9-11-35)19-20-21(41-33-19)23(34-12-14-39-15-13-34)32-22(31-20)17-4-6-18(7-5-17)30-26(38)29-3/h4-7,16H,8-15H2,1-3H3,(H2,28,37)(H2,29,30,38). The average Bonchev–Trinajstić information content (AvgIpc) is 3.40. The van der Waals surface area contributed by atoms with Gasteiger partial charge in [-0.25, -0.2) is 19.6 Å². The van der Waals surface area contributed by atoms with E-state index < -0.39 is 11.7 Å². The van der Waals surface area contributed by atoms with Crippen LogP contribution in [0.2, 0.25) is 0 Å². The van der Waals surface area contributed by atoms with Crippen molar-refractivity contribution in [3.8, 4) is 11.4 Å². The number of morpholine rings is 1. The highest BCUT2D eigenvalue weighted by Crippen LogP contribution is 2.37. The lowest BCUT2D eigenvalue weighted by Gasteiger charge is -2.35. The fraction of sp³-hybridized carbons (Fsp3) is 0.481. The van der Waals surface area contributed by atoms with Gasteiger partial charge in [0.25, 0.3) is 5.91 Å². The largest absolute Gasteiger partial charge is 0.434 e. The van der Waals surface area contributed by atoms with Crippen LogP contribution < -0.4 is 21.3 Å². The van der Waals surface area contributed by atoms with Crippen molar-refractivity contribution in [2.75, 3.05) is 56.7 Å². The van der Waals surface area contributed by atoms with Crippen LogP contribution in [0.15, 0.2) is 28.8 Å². The topological polar surface area (TPSA) is 178 Å². The van der Waals surface area contributed by atoms with Crippen LogP contribution in [0.25, 0.3) is 22.5 Å². The minimum absolute atomic E-state index is 0.0000996. The normalized spacial score (nSPS) is 16.5. The first-order chi connectivity index (χ1) is 19.7. The van der Waals surface area contributed by atoms with Gasteiger partial charge in [-0.2, -0.15) is 0 Å². The predicted octanol–water partition coefficient (Wildman–Crippen LogP) is 2.45. The van der Waals surface area contributed by atoms with Gasteiger partial charge < -0.3 is 40.2 Å². The molecule has 0 radical (unpaired) electrons. The van der Waals surface area contributed by atoms with E-state index in [-0.39, 0.29) is 17.9 Å². The lowest BCUT2D eigenvalue weighted by atomic mass is 9.92. The van der Waals surface area contributed by atoms with Gasteiger partial charge >= 0.3 is 12.1 Å². The molecule has 0 unspecified atom stereocenters. The molecule has 41 heavy (non-hydrogen) atoms. The fourth-order valence-electron chi connectivity index (χ4n) is 5.15. The number of carbonyl (C=O) groups excluding carboxylic acids is 3. The highest BCUT2D eigenvalue weighted by atomic mass is 16.6. The molecule has 14 nitrogen and oxygen atoms in total. The molecule has 14 heteroatoms. The third-order valence-electron chi connectivity index (χ3n) is 7.30. The van der Waals surface area contributed by atoms with Crippen LogP contribution in [-0.2, 0) is 14.3 Å². The van der Waals surface area contributed by atoms with Gasteiger partial charge in [0.1, 0.15) is 11.2 Å². The molecule has 0 aliphatic carbocycles. The number of nitrogens with two attached hydrogens (primary N) is 1. The van der Waals surface area contributed by atoms with E-state index in [0.29, 0.717) is 80.7 Å². The molecule has 218 valence electrons. The molecular formula is C27H34N8O6. The Bertz CT molecular complexity index is 1430. The second kappa shape index (κ2) is 11.6. The van der Waals surface area contributed by atoms with E-state index >= 15 is 0 Å². The second-order valence-electron chi connectivity index (χ2n) is 10.5. The van der Waals surface area contributed by atoms with E-state index in [9.17, 15) is 14.4 Å². The summed E-state index contributed by atoms with van der Waals surface area (Å²) in [6.45, 7) is 6.43. The Hall–Kier alpha value is -4.46. The zero-order chi connectivity index (χ0) is 29.1. The van der Waals surface area contributed by atoms with Gasteiger partial charge in [0.05, 0.1) is 13.2 Å². The van der Waals surface area contributed by atoms with Crippen LogP contribution in [0.1, 0.15) is 38.3 Å². The number of nitrogens with one attached hydrogen (secondary N) is 2. The molecule has 0 bridgehead atoms. The number of piperidine rings is 1. The maximum atomic E-state index is 13.0. The van der Waals surface area contributed by atoms with Crippen LogP contribution in [0, 0.1) is 0 Å². The van der Waals surface area contributed by atoms with E-state index in [1.54, 1.807) is 24.1 Å². The minimum atomic E-state index is -1.35. The molecule has 5 rings (SSSR count). The first kappa shape index (κ1) is 28.1. The van der Waals surface area contributed by atoms with Crippen LogP contribution in [0.5, 0.6) is 0 Å². The van der Waals surface area contributed by atoms with Crippen LogP contribution in [0.4, 0.5) is 21.1 Å². The van der Waals surface area contributed by atoms with Crippen molar-refractivity contribution >= 4 is 40.6 Å². The monoisotopic (exact) mass is 566 g/mol. The quantitative estimate of drug-likeness (QED) is 0.401. The molecule has 0 spiro atoms. The maximum Gasteiger partial charge on any atom is 0.405 e. The SMILES string of the molecule is CNC(=O)Nc1ccc(-c2nc(N3CCOCC3)c3onc(C4CCN(C(=O)C(C)(C)OC(N)=O)CC4)c3n2)cc1. The molecule has 2 aromatic heterocycles. The average molecular weight is 567 g/mol. The number of urea groups is 1. The number of hydrogen-bond donors (Lipinski definition) is 3. The highest BCUT2D eigenvalue weighted by Gasteiger charge is 2.38. The number of nitrogens with zero attached hydrogens (tertiary/aromatic N) is 5. The summed E-state index contributed by atoms with van der Waals surface area (Å²) in [5.41, 5.74) is 7.07. The number of carbonyl (C=O) groups is 3. The summed E-state index contributed by atoms with van der Waals surface area (Å²) < 4.78 is 16.4. The van der Waals surface area contributed by atoms with E-state index in [1.165, 1.54) is 13.8 Å². The van der Waals surface area contributed by atoms with E-state index in [1.807, 2.05) is 12.1 Å². The molecule has 3 aromatic rings. The number of rotatable bonds is 6. The Balaban J connectivity index is 1.43. The first-order valence-corrected chi connectivity index (χ1v) is 13.5. The minimum Gasteiger partial charge on any atom is -0.434 e. The van der Waals surface area contributed by atoms with Gasteiger partial charge in [0.15, 0.2) is 17.2 Å². The number of ether oxygens (including phenoxy) is 2. The van der Waals surface area contributed by atoms with Gasteiger partial charge in [-0.05, 0) is 51.0 Å². The lowest BCUT2D eigenvalue weighted by molar-refractivity contribution is -0.149. The Morgan fingerprint density at radius 3 is 2.37 bits per heavy atom. The van der Waals surface area contributed by atoms with E-state index in [0.717, 1.165) is 11.3 Å². The van der Waals surface area contributed by atoms with E-state index in [4.69, 9.17) is 29.7 Å². The molecular weight excluding hydrogens is 532 g/mol. The molecule has 2 saturated heterocycles. The number of amides is 4. The number of primary amides is 1. The molecule has 1 aromatic carbocycles. The molecule has 4 amide bonds. The summed E-state index contributed by atoms with van der Waals surface area (Å²) in [4.78, 5) is 49.5. The molecule has 2 fully saturated rings. The highest BCUT2D eigenvalue weighted by molar-refractivity contribution is 5.90. The number of fused-ring (bicyclic) bond motifs is 1. The van der Waals surface area contributed by atoms with Gasteiger partial charge in [0, 0.05) is 50.4 Å². The molecule has 2 aliphatic heterocycles. The van der Waals surface area contributed by atoms with Crippen molar-refractivity contribution in [1.82, 2.24) is 25.3 Å². The summed E-state index contributed by atoms with van der Waals surface area (Å²) in [5.74, 6) is 0.860. The predicted molar refractivity (Wildman–Crippen MR) is 149 cm³/mol. The van der Waals surface area contributed by atoms with Crippen LogP contribution in [-0.4, -0.2) is 90.1 Å². The van der Waals surface area contributed by atoms with Gasteiger partial charge in [0.2, 0.25) is 5.58 Å². The summed E-state index contributed by atoms with van der Waals surface area (Å²) in [6.07, 6.45) is 0.273. The maximum absolute atomic E-state index is 13.0. The van der Waals surface area contributed by atoms with Crippen molar-refractivity contribution in [1.29, 1.82) is 0 Å². The Morgan fingerprint density at radius 2 is 1.73 bits per heavy atom. The second-order valence-corrected chi connectivity index (χ2v) is 10.5. The summed E-state index contributed by atoms with van der Waals surface area (Å²) >= 11 is 0. The van der Waals surface area contributed by atoms with Crippen molar-refractivity contribution in [3.05, 3.63) is 30.0 Å². The summed E-state index contributed by atoms with van der Waals surface area (Å²) in [6, 6.07) is 6.97. The number of anilines is 2. The Morgan fingerprint density at radius 1 is 1.05 bits per heavy atom. The van der Waals surface area contributed by atoms with Crippen LogP contribution in [0.3, 0.4) is 0 Å². The zero-order valence-electron chi connectivity index (χ0n) is 23.3. The fourth-order valence-corrected chi connectivity index (χ4v) is 5.15. The smallest absolute Gasteiger partial charge is 0.405 e. The third-order valence-corrected chi connectivity index (χ3v) is 7.30. The van der Waals surface area contributed by atoms with Crippen molar-refractivity contribution in [2.24, 2.45) is 5.73 Å².